The third kappa shape index (κ3) is 4.59. The summed E-state index contributed by atoms with van der Waals surface area (Å²) >= 11 is 0. The van der Waals surface area contributed by atoms with Crippen molar-refractivity contribution in [2.24, 2.45) is 9.98 Å². The molecule has 0 saturated carbocycles. The molecule has 0 saturated heterocycles. The standard InChI is InChI=1S/C18H28N2/c1-8-13(3)19-15-10-11-16(18(5,6)7)17(12-15)20-14(4)9-2/h10-12H,8-9H2,1-7H3. The lowest BCUT2D eigenvalue weighted by molar-refractivity contribution is 0.591. The SMILES string of the molecule is CCC(C)=Nc1ccc(C(C)(C)C)c(N=C(C)CC)c1. The van der Waals surface area contributed by atoms with Crippen LogP contribution in [0, 0.1) is 0 Å². The molecule has 0 spiro atoms. The molecule has 0 aliphatic carbocycles. The van der Waals surface area contributed by atoms with E-state index in [0.29, 0.717) is 0 Å². The van der Waals surface area contributed by atoms with Crippen LogP contribution in [0.25, 0.3) is 0 Å². The molecule has 0 N–H and O–H groups in total. The molecule has 0 unspecified atom stereocenters. The summed E-state index contributed by atoms with van der Waals surface area (Å²) in [4.78, 5) is 9.43. The van der Waals surface area contributed by atoms with Crippen LogP contribution in [0.4, 0.5) is 11.4 Å². The number of rotatable bonds is 4. The maximum Gasteiger partial charge on any atom is 0.0687 e. The van der Waals surface area contributed by atoms with Crippen LogP contribution >= 0.6 is 0 Å². The lowest BCUT2D eigenvalue weighted by Gasteiger charge is -2.21. The molecule has 1 rings (SSSR count). The molecule has 0 amide bonds. The van der Waals surface area contributed by atoms with E-state index in [1.807, 2.05) is 0 Å². The molecule has 0 bridgehead atoms. The topological polar surface area (TPSA) is 24.7 Å². The molecule has 110 valence electrons. The van der Waals surface area contributed by atoms with Crippen molar-refractivity contribution in [1.82, 2.24) is 0 Å². The summed E-state index contributed by atoms with van der Waals surface area (Å²) in [5.41, 5.74) is 5.73. The van der Waals surface area contributed by atoms with Crippen LogP contribution in [-0.4, -0.2) is 11.4 Å². The normalized spacial score (nSPS) is 13.8. The van der Waals surface area contributed by atoms with Gasteiger partial charge in [-0.25, -0.2) is 0 Å². The largest absolute Gasteiger partial charge is 0.258 e. The van der Waals surface area contributed by atoms with Crippen LogP contribution in [0.15, 0.2) is 28.2 Å². The summed E-state index contributed by atoms with van der Waals surface area (Å²) in [7, 11) is 0. The van der Waals surface area contributed by atoms with Crippen LogP contribution in [0.5, 0.6) is 0 Å². The summed E-state index contributed by atoms with van der Waals surface area (Å²) < 4.78 is 0. The second kappa shape index (κ2) is 6.83. The molecular weight excluding hydrogens is 244 g/mol. The third-order valence-corrected chi connectivity index (χ3v) is 3.44. The maximum atomic E-state index is 4.79. The molecule has 0 atom stereocenters. The first-order valence-electron chi connectivity index (χ1n) is 7.50. The molecule has 0 aromatic heterocycles. The van der Waals surface area contributed by atoms with Crippen molar-refractivity contribution >= 4 is 22.8 Å². The summed E-state index contributed by atoms with van der Waals surface area (Å²) in [6.07, 6.45) is 1.96. The van der Waals surface area contributed by atoms with Crippen LogP contribution in [0.2, 0.25) is 0 Å². The maximum absolute atomic E-state index is 4.79. The van der Waals surface area contributed by atoms with Gasteiger partial charge in [0.2, 0.25) is 0 Å². The first-order valence-corrected chi connectivity index (χ1v) is 7.50. The molecule has 1 aromatic rings. The van der Waals surface area contributed by atoms with Gasteiger partial charge in [-0.15, -0.1) is 0 Å². The Bertz CT molecular complexity index is 517. The van der Waals surface area contributed by atoms with E-state index in [1.165, 1.54) is 5.56 Å². The highest BCUT2D eigenvalue weighted by Crippen LogP contribution is 2.34. The van der Waals surface area contributed by atoms with E-state index in [0.717, 1.165) is 35.6 Å². The highest BCUT2D eigenvalue weighted by Gasteiger charge is 2.18. The number of aliphatic imine (C=N–C) groups is 2. The molecule has 0 aliphatic rings. The molecule has 2 nitrogen and oxygen atoms in total. The summed E-state index contributed by atoms with van der Waals surface area (Å²) in [5.74, 6) is 0. The Morgan fingerprint density at radius 2 is 1.50 bits per heavy atom. The minimum atomic E-state index is 0.0922. The number of hydrogen-bond acceptors (Lipinski definition) is 2. The van der Waals surface area contributed by atoms with Crippen LogP contribution in [0.1, 0.15) is 66.9 Å². The van der Waals surface area contributed by atoms with Gasteiger partial charge in [0.25, 0.3) is 0 Å². The Morgan fingerprint density at radius 1 is 0.950 bits per heavy atom. The Labute approximate surface area is 124 Å². The van der Waals surface area contributed by atoms with E-state index in [4.69, 9.17) is 4.99 Å². The van der Waals surface area contributed by atoms with E-state index in [9.17, 15) is 0 Å². The van der Waals surface area contributed by atoms with Gasteiger partial charge in [-0.1, -0.05) is 40.7 Å². The van der Waals surface area contributed by atoms with Gasteiger partial charge >= 0.3 is 0 Å². The second-order valence-electron chi connectivity index (χ2n) is 6.35. The van der Waals surface area contributed by atoms with Gasteiger partial charge < -0.3 is 0 Å². The predicted octanol–water partition coefficient (Wildman–Crippen LogP) is 5.99. The average molecular weight is 272 g/mol. The fourth-order valence-electron chi connectivity index (χ4n) is 1.90. The first kappa shape index (κ1) is 16.6. The minimum absolute atomic E-state index is 0.0922. The molecule has 0 fully saturated rings. The molecule has 1 aromatic carbocycles. The van der Waals surface area contributed by atoms with Crippen LogP contribution in [0.3, 0.4) is 0 Å². The van der Waals surface area contributed by atoms with Crippen molar-refractivity contribution in [1.29, 1.82) is 0 Å². The van der Waals surface area contributed by atoms with Gasteiger partial charge in [-0.05, 0) is 49.8 Å². The van der Waals surface area contributed by atoms with Crippen LogP contribution < -0.4 is 0 Å². The zero-order chi connectivity index (χ0) is 15.3. The molecule has 2 heteroatoms. The lowest BCUT2D eigenvalue weighted by atomic mass is 9.85. The predicted molar refractivity (Wildman–Crippen MR) is 91.3 cm³/mol. The number of hydrogen-bond donors (Lipinski definition) is 0. The average Bonchev–Trinajstić information content (AvgIpc) is 2.37. The summed E-state index contributed by atoms with van der Waals surface area (Å²) in [5, 5.41) is 0. The number of nitrogens with zero attached hydrogens (tertiary/aromatic N) is 2. The summed E-state index contributed by atoms with van der Waals surface area (Å²) in [6, 6.07) is 6.38. The van der Waals surface area contributed by atoms with E-state index in [1.54, 1.807) is 0 Å². The van der Waals surface area contributed by atoms with Crippen molar-refractivity contribution in [2.45, 2.75) is 66.7 Å². The van der Waals surface area contributed by atoms with Crippen LogP contribution in [-0.2, 0) is 5.41 Å². The third-order valence-electron chi connectivity index (χ3n) is 3.44. The minimum Gasteiger partial charge on any atom is -0.258 e. The lowest BCUT2D eigenvalue weighted by Crippen LogP contribution is -2.11. The molecule has 20 heavy (non-hydrogen) atoms. The fourth-order valence-corrected chi connectivity index (χ4v) is 1.90. The molecule has 0 aliphatic heterocycles. The Balaban J connectivity index is 3.36. The van der Waals surface area contributed by atoms with Crippen molar-refractivity contribution in [3.63, 3.8) is 0 Å². The van der Waals surface area contributed by atoms with E-state index in [2.05, 4.69) is 71.7 Å². The van der Waals surface area contributed by atoms with E-state index < -0.39 is 0 Å². The smallest absolute Gasteiger partial charge is 0.0687 e. The number of benzene rings is 1. The highest BCUT2D eigenvalue weighted by molar-refractivity contribution is 5.86. The zero-order valence-corrected chi connectivity index (χ0v) is 14.0. The first-order chi connectivity index (χ1) is 9.27. The van der Waals surface area contributed by atoms with Gasteiger partial charge in [0.15, 0.2) is 0 Å². The van der Waals surface area contributed by atoms with Crippen molar-refractivity contribution in [3.05, 3.63) is 23.8 Å². The van der Waals surface area contributed by atoms with Gasteiger partial charge in [0.05, 0.1) is 11.4 Å². The second-order valence-corrected chi connectivity index (χ2v) is 6.35. The molecule has 0 radical (unpaired) electrons. The monoisotopic (exact) mass is 272 g/mol. The Hall–Kier alpha value is -1.44. The van der Waals surface area contributed by atoms with E-state index in [-0.39, 0.29) is 5.41 Å². The van der Waals surface area contributed by atoms with Crippen molar-refractivity contribution in [2.75, 3.05) is 0 Å². The molecular formula is C18H28N2. The van der Waals surface area contributed by atoms with Crippen molar-refractivity contribution < 1.29 is 0 Å². The quantitative estimate of drug-likeness (QED) is 0.601. The van der Waals surface area contributed by atoms with Gasteiger partial charge in [0.1, 0.15) is 0 Å². The van der Waals surface area contributed by atoms with Gasteiger partial charge in [0, 0.05) is 11.4 Å². The Kier molecular flexibility index (Phi) is 5.67. The molecule has 0 heterocycles. The van der Waals surface area contributed by atoms with E-state index >= 15 is 0 Å². The fraction of sp³-hybridized carbons (Fsp3) is 0.556. The summed E-state index contributed by atoms with van der Waals surface area (Å²) in [6.45, 7) is 15.1. The highest BCUT2D eigenvalue weighted by atomic mass is 14.8. The Morgan fingerprint density at radius 3 is 2.00 bits per heavy atom. The zero-order valence-electron chi connectivity index (χ0n) is 14.0. The van der Waals surface area contributed by atoms with Gasteiger partial charge in [-0.3, -0.25) is 9.98 Å². The van der Waals surface area contributed by atoms with Crippen molar-refractivity contribution in [3.8, 4) is 0 Å². The van der Waals surface area contributed by atoms with Gasteiger partial charge in [-0.2, -0.15) is 0 Å².